The first-order valence-electron chi connectivity index (χ1n) is 3.32. The number of nitrogens with two attached hydrogens (primary N) is 1. The van der Waals surface area contributed by atoms with Gasteiger partial charge in [-0.3, -0.25) is 4.79 Å². The second-order valence-corrected chi connectivity index (χ2v) is 2.72. The molecule has 0 aromatic carbocycles. The third-order valence-electron chi connectivity index (χ3n) is 1.35. The van der Waals surface area contributed by atoms with Crippen LogP contribution in [0.1, 0.15) is 18.2 Å². The van der Waals surface area contributed by atoms with Crippen LogP contribution in [0.2, 0.25) is 5.22 Å². The summed E-state index contributed by atoms with van der Waals surface area (Å²) in [6.45, 7) is 0. The van der Waals surface area contributed by atoms with E-state index in [2.05, 4.69) is 0 Å². The number of carbonyl (C=O) groups is 1. The van der Waals surface area contributed by atoms with Crippen molar-refractivity contribution in [2.75, 3.05) is 0 Å². The molecule has 0 saturated heterocycles. The van der Waals surface area contributed by atoms with Crippen LogP contribution in [0.5, 0.6) is 0 Å². The summed E-state index contributed by atoms with van der Waals surface area (Å²) in [5.74, 6) is -0.572. The van der Waals surface area contributed by atoms with E-state index in [1.807, 2.05) is 0 Å². The minimum atomic E-state index is -0.963. The Balaban J connectivity index is 2.64. The van der Waals surface area contributed by atoms with E-state index in [0.29, 0.717) is 5.76 Å². The third-order valence-corrected chi connectivity index (χ3v) is 1.56. The zero-order chi connectivity index (χ0) is 9.14. The summed E-state index contributed by atoms with van der Waals surface area (Å²) < 4.78 is 4.92. The molecule has 0 fully saturated rings. The lowest BCUT2D eigenvalue weighted by Gasteiger charge is -2.03. The standard InChI is InChI=1S/C7H8ClNO3/c8-6-2-1-5(12-6)4(9)3-7(10)11/h1-2,4H,3,9H2,(H,10,11). The predicted molar refractivity (Wildman–Crippen MR) is 42.9 cm³/mol. The molecule has 1 aromatic rings. The molecular formula is C7H8ClNO3. The molecule has 0 spiro atoms. The monoisotopic (exact) mass is 189 g/mol. The average Bonchev–Trinajstić information content (AvgIpc) is 2.34. The molecule has 1 rings (SSSR count). The Morgan fingerprint density at radius 2 is 2.42 bits per heavy atom. The van der Waals surface area contributed by atoms with Crippen molar-refractivity contribution in [1.29, 1.82) is 0 Å². The van der Waals surface area contributed by atoms with Gasteiger partial charge in [0, 0.05) is 0 Å². The number of aliphatic carboxylic acids is 1. The Bertz CT molecular complexity index is 284. The van der Waals surface area contributed by atoms with Gasteiger partial charge < -0.3 is 15.3 Å². The third kappa shape index (κ3) is 2.25. The van der Waals surface area contributed by atoms with Crippen LogP contribution in [0, 0.1) is 0 Å². The van der Waals surface area contributed by atoms with E-state index in [0.717, 1.165) is 0 Å². The summed E-state index contributed by atoms with van der Waals surface area (Å²) in [6.07, 6.45) is -0.163. The Morgan fingerprint density at radius 3 is 2.83 bits per heavy atom. The number of hydrogen-bond acceptors (Lipinski definition) is 3. The average molecular weight is 190 g/mol. The topological polar surface area (TPSA) is 76.5 Å². The van der Waals surface area contributed by atoms with Crippen LogP contribution >= 0.6 is 11.6 Å². The van der Waals surface area contributed by atoms with Gasteiger partial charge in [0.25, 0.3) is 0 Å². The van der Waals surface area contributed by atoms with E-state index in [1.165, 1.54) is 6.07 Å². The highest BCUT2D eigenvalue weighted by molar-refractivity contribution is 6.28. The molecule has 12 heavy (non-hydrogen) atoms. The van der Waals surface area contributed by atoms with E-state index >= 15 is 0 Å². The van der Waals surface area contributed by atoms with Gasteiger partial charge in [0.05, 0.1) is 12.5 Å². The van der Waals surface area contributed by atoms with Gasteiger partial charge in [-0.15, -0.1) is 0 Å². The largest absolute Gasteiger partial charge is 0.481 e. The van der Waals surface area contributed by atoms with Gasteiger partial charge in [-0.2, -0.15) is 0 Å². The van der Waals surface area contributed by atoms with Gasteiger partial charge in [0.1, 0.15) is 5.76 Å². The van der Waals surface area contributed by atoms with Crippen molar-refractivity contribution in [2.45, 2.75) is 12.5 Å². The summed E-state index contributed by atoms with van der Waals surface area (Å²) in [7, 11) is 0. The molecule has 0 radical (unpaired) electrons. The normalized spacial score (nSPS) is 12.8. The molecule has 0 bridgehead atoms. The van der Waals surface area contributed by atoms with E-state index in [9.17, 15) is 4.79 Å². The minimum Gasteiger partial charge on any atom is -0.481 e. The summed E-state index contributed by atoms with van der Waals surface area (Å²) >= 11 is 5.47. The molecule has 1 atom stereocenters. The zero-order valence-corrected chi connectivity index (χ0v) is 6.91. The van der Waals surface area contributed by atoms with Crippen LogP contribution in [-0.4, -0.2) is 11.1 Å². The summed E-state index contributed by atoms with van der Waals surface area (Å²) in [5, 5.41) is 8.61. The van der Waals surface area contributed by atoms with Crippen molar-refractivity contribution in [3.8, 4) is 0 Å². The lowest BCUT2D eigenvalue weighted by Crippen LogP contribution is -2.14. The first-order valence-corrected chi connectivity index (χ1v) is 3.70. The SMILES string of the molecule is NC(CC(=O)O)c1ccc(Cl)o1. The molecule has 4 nitrogen and oxygen atoms in total. The summed E-state index contributed by atoms with van der Waals surface area (Å²) in [4.78, 5) is 10.2. The van der Waals surface area contributed by atoms with Crippen molar-refractivity contribution in [3.63, 3.8) is 0 Å². The Labute approximate surface area is 73.9 Å². The second-order valence-electron chi connectivity index (χ2n) is 2.35. The Hall–Kier alpha value is -1.00. The van der Waals surface area contributed by atoms with Crippen LogP contribution in [0.3, 0.4) is 0 Å². The molecule has 5 heteroatoms. The quantitative estimate of drug-likeness (QED) is 0.754. The van der Waals surface area contributed by atoms with Crippen molar-refractivity contribution < 1.29 is 14.3 Å². The highest BCUT2D eigenvalue weighted by Crippen LogP contribution is 2.20. The highest BCUT2D eigenvalue weighted by Gasteiger charge is 2.13. The van der Waals surface area contributed by atoms with Crippen molar-refractivity contribution in [1.82, 2.24) is 0 Å². The fourth-order valence-corrected chi connectivity index (χ4v) is 0.968. The van der Waals surface area contributed by atoms with E-state index in [1.54, 1.807) is 6.07 Å². The molecule has 0 saturated carbocycles. The Morgan fingerprint density at radius 1 is 1.75 bits per heavy atom. The molecule has 3 N–H and O–H groups in total. The summed E-state index contributed by atoms with van der Waals surface area (Å²) in [5.41, 5.74) is 5.48. The first kappa shape index (κ1) is 9.09. The molecule has 1 aromatic heterocycles. The second kappa shape index (κ2) is 3.60. The van der Waals surface area contributed by atoms with Crippen LogP contribution in [0.25, 0.3) is 0 Å². The predicted octanol–water partition coefficient (Wildman–Crippen LogP) is 1.41. The minimum absolute atomic E-state index is 0.163. The van der Waals surface area contributed by atoms with Crippen LogP contribution in [-0.2, 0) is 4.79 Å². The lowest BCUT2D eigenvalue weighted by atomic mass is 10.2. The number of furan rings is 1. The number of hydrogen-bond donors (Lipinski definition) is 2. The number of halogens is 1. The van der Waals surface area contributed by atoms with Gasteiger partial charge >= 0.3 is 5.97 Å². The van der Waals surface area contributed by atoms with Crippen LogP contribution < -0.4 is 5.73 Å². The highest BCUT2D eigenvalue weighted by atomic mass is 35.5. The smallest absolute Gasteiger partial charge is 0.305 e. The lowest BCUT2D eigenvalue weighted by molar-refractivity contribution is -0.137. The van der Waals surface area contributed by atoms with Crippen molar-refractivity contribution in [2.24, 2.45) is 5.73 Å². The van der Waals surface area contributed by atoms with Gasteiger partial charge in [0.15, 0.2) is 5.22 Å². The molecule has 1 heterocycles. The molecular weight excluding hydrogens is 182 g/mol. The molecule has 0 aliphatic carbocycles. The maximum Gasteiger partial charge on any atom is 0.305 e. The van der Waals surface area contributed by atoms with E-state index < -0.39 is 12.0 Å². The van der Waals surface area contributed by atoms with Crippen molar-refractivity contribution in [3.05, 3.63) is 23.1 Å². The van der Waals surface area contributed by atoms with Gasteiger partial charge in [-0.05, 0) is 23.7 Å². The van der Waals surface area contributed by atoms with Gasteiger partial charge in [-0.1, -0.05) is 0 Å². The number of carboxylic acids is 1. The maximum atomic E-state index is 10.2. The van der Waals surface area contributed by atoms with Gasteiger partial charge in [0.2, 0.25) is 0 Å². The molecule has 0 aliphatic heterocycles. The fraction of sp³-hybridized carbons (Fsp3) is 0.286. The molecule has 1 unspecified atom stereocenters. The zero-order valence-electron chi connectivity index (χ0n) is 6.16. The first-order chi connectivity index (χ1) is 5.59. The summed E-state index contributed by atoms with van der Waals surface area (Å²) in [6, 6.07) is 2.46. The van der Waals surface area contributed by atoms with Gasteiger partial charge in [-0.25, -0.2) is 0 Å². The van der Waals surface area contributed by atoms with Crippen molar-refractivity contribution >= 4 is 17.6 Å². The molecule has 0 amide bonds. The number of rotatable bonds is 3. The van der Waals surface area contributed by atoms with Crippen LogP contribution in [0.15, 0.2) is 16.5 Å². The van der Waals surface area contributed by atoms with E-state index in [-0.39, 0.29) is 11.6 Å². The number of carboxylic acid groups (broad SMARTS) is 1. The maximum absolute atomic E-state index is 10.2. The van der Waals surface area contributed by atoms with E-state index in [4.69, 9.17) is 26.9 Å². The fourth-order valence-electron chi connectivity index (χ4n) is 0.816. The molecule has 0 aliphatic rings. The Kier molecular flexibility index (Phi) is 2.73. The molecule has 66 valence electrons. The van der Waals surface area contributed by atoms with Crippen LogP contribution in [0.4, 0.5) is 0 Å².